The van der Waals surface area contributed by atoms with Gasteiger partial charge in [0.15, 0.2) is 0 Å². The third kappa shape index (κ3) is 3.27. The van der Waals surface area contributed by atoms with Crippen LogP contribution < -0.4 is 15.8 Å². The summed E-state index contributed by atoms with van der Waals surface area (Å²) in [6.45, 7) is 3.63. The van der Waals surface area contributed by atoms with E-state index >= 15 is 0 Å². The van der Waals surface area contributed by atoms with E-state index in [1.54, 1.807) is 17.5 Å². The smallest absolute Gasteiger partial charge is 0.270 e. The highest BCUT2D eigenvalue weighted by atomic mass is 32.1. The summed E-state index contributed by atoms with van der Waals surface area (Å²) in [5, 5.41) is 5.06. The monoisotopic (exact) mass is 416 g/mol. The van der Waals surface area contributed by atoms with E-state index in [4.69, 9.17) is 0 Å². The minimum Gasteiger partial charge on any atom is -0.365 e. The number of para-hydroxylation sites is 2. The Kier molecular flexibility index (Phi) is 4.59. The number of rotatable bonds is 3. The summed E-state index contributed by atoms with van der Waals surface area (Å²) in [7, 11) is 0. The second kappa shape index (κ2) is 7.42. The Balaban J connectivity index is 1.45. The molecule has 7 heteroatoms. The van der Waals surface area contributed by atoms with Gasteiger partial charge in [-0.15, -0.1) is 11.3 Å². The molecule has 0 saturated heterocycles. The first-order chi connectivity index (χ1) is 14.6. The highest BCUT2D eigenvalue weighted by molar-refractivity contribution is 7.10. The molecule has 0 saturated carbocycles. The normalized spacial score (nSPS) is 13.3. The number of anilines is 2. The summed E-state index contributed by atoms with van der Waals surface area (Å²) >= 11 is 1.80. The van der Waals surface area contributed by atoms with Crippen molar-refractivity contribution < 1.29 is 4.79 Å². The van der Waals surface area contributed by atoms with Crippen LogP contribution in [0.1, 0.15) is 26.4 Å². The van der Waals surface area contributed by atoms with Crippen molar-refractivity contribution in [1.82, 2.24) is 9.38 Å². The molecule has 1 aliphatic heterocycles. The maximum Gasteiger partial charge on any atom is 0.270 e. The fraction of sp³-hybridized carbons (Fsp3) is 0.174. The molecule has 1 N–H and O–H groups in total. The first-order valence-corrected chi connectivity index (χ1v) is 10.7. The fourth-order valence-electron chi connectivity index (χ4n) is 3.83. The Morgan fingerprint density at radius 3 is 2.97 bits per heavy atom. The Bertz CT molecular complexity index is 1320. The number of nitrogens with one attached hydrogen (secondary N) is 1. The average Bonchev–Trinajstić information content (AvgIpc) is 3.22. The Hall–Kier alpha value is -3.45. The van der Waals surface area contributed by atoms with Crippen molar-refractivity contribution in [2.45, 2.75) is 19.9 Å². The summed E-state index contributed by atoms with van der Waals surface area (Å²) in [4.78, 5) is 33.8. The number of aromatic nitrogens is 2. The second-order valence-corrected chi connectivity index (χ2v) is 8.42. The van der Waals surface area contributed by atoms with Crippen molar-refractivity contribution in [2.75, 3.05) is 16.8 Å². The summed E-state index contributed by atoms with van der Waals surface area (Å²) < 4.78 is 1.40. The SMILES string of the molecule is Cc1ccn2c(=O)c(C(=O)Nc3ccccc3N3CCc4sccc4C3)cnc2c1. The molecule has 30 heavy (non-hydrogen) atoms. The van der Waals surface area contributed by atoms with E-state index in [0.29, 0.717) is 11.3 Å². The number of thiophene rings is 1. The van der Waals surface area contributed by atoms with Gasteiger partial charge in [-0.25, -0.2) is 4.98 Å². The zero-order chi connectivity index (χ0) is 20.7. The van der Waals surface area contributed by atoms with E-state index in [-0.39, 0.29) is 11.1 Å². The maximum absolute atomic E-state index is 13.0. The highest BCUT2D eigenvalue weighted by Crippen LogP contribution is 2.32. The Morgan fingerprint density at radius 2 is 2.07 bits per heavy atom. The van der Waals surface area contributed by atoms with E-state index in [1.807, 2.05) is 43.3 Å². The molecule has 4 heterocycles. The van der Waals surface area contributed by atoms with Crippen LogP contribution in [-0.2, 0) is 13.0 Å². The number of carbonyl (C=O) groups excluding carboxylic acids is 1. The maximum atomic E-state index is 13.0. The van der Waals surface area contributed by atoms with Crippen molar-refractivity contribution in [2.24, 2.45) is 0 Å². The molecule has 150 valence electrons. The first kappa shape index (κ1) is 18.6. The lowest BCUT2D eigenvalue weighted by Gasteiger charge is -2.30. The fourth-order valence-corrected chi connectivity index (χ4v) is 4.72. The molecular formula is C23H20N4O2S. The van der Waals surface area contributed by atoms with Crippen molar-refractivity contribution in [3.63, 3.8) is 0 Å². The predicted octanol–water partition coefficient (Wildman–Crippen LogP) is 3.88. The van der Waals surface area contributed by atoms with Crippen LogP contribution in [0.15, 0.2) is 65.0 Å². The third-order valence-corrected chi connectivity index (χ3v) is 6.43. The predicted molar refractivity (Wildman–Crippen MR) is 120 cm³/mol. The van der Waals surface area contributed by atoms with E-state index in [1.165, 1.54) is 21.0 Å². The van der Waals surface area contributed by atoms with Gasteiger partial charge in [-0.3, -0.25) is 14.0 Å². The van der Waals surface area contributed by atoms with Crippen LogP contribution in [0, 0.1) is 6.92 Å². The number of aryl methyl sites for hydroxylation is 1. The van der Waals surface area contributed by atoms with Crippen LogP contribution in [-0.4, -0.2) is 21.8 Å². The zero-order valence-electron chi connectivity index (χ0n) is 16.5. The van der Waals surface area contributed by atoms with Gasteiger partial charge in [-0.05, 0) is 60.2 Å². The molecule has 3 aromatic heterocycles. The number of nitrogens with zero attached hydrogens (tertiary/aromatic N) is 3. The molecule has 1 aromatic carbocycles. The number of fused-ring (bicyclic) bond motifs is 2. The van der Waals surface area contributed by atoms with Crippen LogP contribution in [0.25, 0.3) is 5.65 Å². The summed E-state index contributed by atoms with van der Waals surface area (Å²) in [5.74, 6) is -0.455. The van der Waals surface area contributed by atoms with E-state index < -0.39 is 5.91 Å². The number of hydrogen-bond donors (Lipinski definition) is 1. The third-order valence-electron chi connectivity index (χ3n) is 5.41. The molecule has 0 spiro atoms. The van der Waals surface area contributed by atoms with Crippen LogP contribution >= 0.6 is 11.3 Å². The van der Waals surface area contributed by atoms with Crippen LogP contribution in [0.3, 0.4) is 0 Å². The van der Waals surface area contributed by atoms with Gasteiger partial charge in [0.05, 0.1) is 11.4 Å². The quantitative estimate of drug-likeness (QED) is 0.550. The molecule has 5 rings (SSSR count). The van der Waals surface area contributed by atoms with Gasteiger partial charge in [0, 0.05) is 30.4 Å². The average molecular weight is 417 g/mol. The van der Waals surface area contributed by atoms with E-state index in [9.17, 15) is 9.59 Å². The lowest BCUT2D eigenvalue weighted by atomic mass is 10.1. The zero-order valence-corrected chi connectivity index (χ0v) is 17.3. The van der Waals surface area contributed by atoms with Gasteiger partial charge in [0.2, 0.25) is 0 Å². The van der Waals surface area contributed by atoms with Crippen molar-refractivity contribution in [3.8, 4) is 0 Å². The summed E-state index contributed by atoms with van der Waals surface area (Å²) in [6.07, 6.45) is 4.00. The van der Waals surface area contributed by atoms with Gasteiger partial charge < -0.3 is 10.2 Å². The van der Waals surface area contributed by atoms with Crippen LogP contribution in [0.4, 0.5) is 11.4 Å². The minimum atomic E-state index is -0.455. The van der Waals surface area contributed by atoms with Crippen molar-refractivity contribution in [1.29, 1.82) is 0 Å². The summed E-state index contributed by atoms with van der Waals surface area (Å²) in [5.41, 5.74) is 4.14. The van der Waals surface area contributed by atoms with Gasteiger partial charge in [0.1, 0.15) is 11.2 Å². The molecule has 0 aliphatic carbocycles. The van der Waals surface area contributed by atoms with Gasteiger partial charge in [-0.1, -0.05) is 12.1 Å². The molecule has 0 unspecified atom stereocenters. The van der Waals surface area contributed by atoms with Crippen LogP contribution in [0.2, 0.25) is 0 Å². The number of hydrogen-bond acceptors (Lipinski definition) is 5. The topological polar surface area (TPSA) is 66.7 Å². The lowest BCUT2D eigenvalue weighted by Crippen LogP contribution is -2.31. The molecule has 0 bridgehead atoms. The molecule has 1 amide bonds. The van der Waals surface area contributed by atoms with Crippen molar-refractivity contribution >= 4 is 34.3 Å². The van der Waals surface area contributed by atoms with Gasteiger partial charge in [-0.2, -0.15) is 0 Å². The molecule has 4 aromatic rings. The first-order valence-electron chi connectivity index (χ1n) is 9.79. The molecule has 0 atom stereocenters. The Labute approximate surface area is 177 Å². The van der Waals surface area contributed by atoms with Gasteiger partial charge >= 0.3 is 0 Å². The standard InChI is InChI=1S/C23H20N4O2S/c1-15-6-10-27-21(12-15)24-13-17(23(27)29)22(28)25-18-4-2-3-5-19(18)26-9-7-20-16(14-26)8-11-30-20/h2-6,8,10-13H,7,9,14H2,1H3,(H,25,28). The van der Waals surface area contributed by atoms with Crippen molar-refractivity contribution in [3.05, 3.63) is 92.2 Å². The molecule has 0 fully saturated rings. The molecular weight excluding hydrogens is 396 g/mol. The summed E-state index contributed by atoms with van der Waals surface area (Å²) in [6, 6.07) is 13.5. The Morgan fingerprint density at radius 1 is 1.20 bits per heavy atom. The minimum absolute atomic E-state index is 0.0184. The number of pyridine rings is 1. The lowest BCUT2D eigenvalue weighted by molar-refractivity contribution is 0.102. The number of amides is 1. The largest absolute Gasteiger partial charge is 0.365 e. The molecule has 0 radical (unpaired) electrons. The van der Waals surface area contributed by atoms with Crippen LogP contribution in [0.5, 0.6) is 0 Å². The highest BCUT2D eigenvalue weighted by Gasteiger charge is 2.21. The number of carbonyl (C=O) groups is 1. The molecule has 1 aliphatic rings. The van der Waals surface area contributed by atoms with E-state index in [0.717, 1.165) is 30.8 Å². The second-order valence-electron chi connectivity index (χ2n) is 7.42. The van der Waals surface area contributed by atoms with Gasteiger partial charge in [0.25, 0.3) is 11.5 Å². The number of benzene rings is 1. The van der Waals surface area contributed by atoms with E-state index in [2.05, 4.69) is 26.6 Å². The molecule has 6 nitrogen and oxygen atoms in total.